The van der Waals surface area contributed by atoms with Crippen LogP contribution in [0.25, 0.3) is 6.08 Å². The molecule has 7 nitrogen and oxygen atoms in total. The zero-order valence-electron chi connectivity index (χ0n) is 25.5. The highest BCUT2D eigenvalue weighted by molar-refractivity contribution is 6.39. The largest absolute Gasteiger partial charge is 0.492 e. The van der Waals surface area contributed by atoms with Gasteiger partial charge in [-0.15, -0.1) is 0 Å². The van der Waals surface area contributed by atoms with E-state index in [1.54, 1.807) is 18.2 Å². The molecular formula is C38H34ClN3O4. The number of carbonyl (C=O) groups excluding carboxylic acids is 3. The van der Waals surface area contributed by atoms with Crippen LogP contribution in [-0.2, 0) is 9.59 Å². The minimum absolute atomic E-state index is 0.0934. The van der Waals surface area contributed by atoms with Crippen LogP contribution in [0.2, 0.25) is 5.02 Å². The van der Waals surface area contributed by atoms with Gasteiger partial charge < -0.3 is 9.64 Å². The predicted molar refractivity (Wildman–Crippen MR) is 181 cm³/mol. The van der Waals surface area contributed by atoms with Crippen LogP contribution in [0.1, 0.15) is 65.8 Å². The number of hydrogen-bond acceptors (Lipinski definition) is 5. The van der Waals surface area contributed by atoms with E-state index in [-0.39, 0.29) is 17.4 Å². The molecule has 4 aromatic carbocycles. The van der Waals surface area contributed by atoms with Crippen molar-refractivity contribution in [2.45, 2.75) is 38.0 Å². The molecule has 7 rings (SSSR count). The Bertz CT molecular complexity index is 1780. The molecule has 46 heavy (non-hydrogen) atoms. The minimum atomic E-state index is -0.767. The molecule has 0 aliphatic carbocycles. The Labute approximate surface area is 273 Å². The van der Waals surface area contributed by atoms with Gasteiger partial charge in [0.1, 0.15) is 11.3 Å². The summed E-state index contributed by atoms with van der Waals surface area (Å²) in [6.45, 7) is 4.38. The van der Waals surface area contributed by atoms with Crippen LogP contribution in [0.15, 0.2) is 96.6 Å². The molecule has 3 aliphatic rings. The summed E-state index contributed by atoms with van der Waals surface area (Å²) in [6.07, 6.45) is 4.13. The molecule has 4 aromatic rings. The third-order valence-corrected chi connectivity index (χ3v) is 9.38. The van der Waals surface area contributed by atoms with E-state index < -0.39 is 17.8 Å². The van der Waals surface area contributed by atoms with Gasteiger partial charge in [0.2, 0.25) is 0 Å². The second kappa shape index (κ2) is 12.5. The smallest absolute Gasteiger partial charge is 0.335 e. The van der Waals surface area contributed by atoms with E-state index in [9.17, 15) is 14.4 Å². The van der Waals surface area contributed by atoms with Gasteiger partial charge in [0.25, 0.3) is 11.8 Å². The van der Waals surface area contributed by atoms with Crippen LogP contribution in [0.4, 0.5) is 16.2 Å². The van der Waals surface area contributed by atoms with Gasteiger partial charge in [0, 0.05) is 30.6 Å². The monoisotopic (exact) mass is 631 g/mol. The van der Waals surface area contributed by atoms with Crippen molar-refractivity contribution in [3.05, 3.63) is 129 Å². The fourth-order valence-electron chi connectivity index (χ4n) is 6.96. The van der Waals surface area contributed by atoms with Gasteiger partial charge >= 0.3 is 6.03 Å². The Morgan fingerprint density at radius 2 is 1.46 bits per heavy atom. The quantitative estimate of drug-likeness (QED) is 0.167. The van der Waals surface area contributed by atoms with Crippen molar-refractivity contribution in [2.75, 3.05) is 29.5 Å². The molecule has 1 saturated heterocycles. The molecule has 0 aromatic heterocycles. The Balaban J connectivity index is 1.34. The standard InChI is InChI=1S/C38H34ClN3O4/c1-2-19-46-34-14-13-24(21-33(34)39)20-32-36(43)40-38(45)42(37(32)44)27-22-30-28(25-9-5-3-6-10-25)15-17-41-18-16-29(31(23-27)35(30)41)26-11-7-4-8-12-26/h3-14,20-23,28-29H,2,15-19H2,1H3,(H,40,43,45)/b32-20+/t28-,29-/m1/s1. The summed E-state index contributed by atoms with van der Waals surface area (Å²) in [5.74, 6) is -0.713. The van der Waals surface area contributed by atoms with Crippen molar-refractivity contribution in [1.29, 1.82) is 0 Å². The molecule has 1 fully saturated rings. The van der Waals surface area contributed by atoms with E-state index in [2.05, 4.69) is 34.5 Å². The molecule has 0 unspecified atom stereocenters. The number of nitrogens with one attached hydrogen (secondary N) is 1. The summed E-state index contributed by atoms with van der Waals surface area (Å²) in [7, 11) is 0. The first-order valence-electron chi connectivity index (χ1n) is 15.8. The molecule has 232 valence electrons. The summed E-state index contributed by atoms with van der Waals surface area (Å²) < 4.78 is 5.67. The number of anilines is 2. The lowest BCUT2D eigenvalue weighted by atomic mass is 9.76. The van der Waals surface area contributed by atoms with E-state index in [1.807, 2.05) is 55.5 Å². The van der Waals surface area contributed by atoms with Crippen LogP contribution in [0, 0.1) is 0 Å². The van der Waals surface area contributed by atoms with Crippen LogP contribution < -0.4 is 19.9 Å². The lowest BCUT2D eigenvalue weighted by molar-refractivity contribution is -0.122. The summed E-state index contributed by atoms with van der Waals surface area (Å²) in [5, 5.41) is 2.77. The Morgan fingerprint density at radius 1 is 0.848 bits per heavy atom. The number of hydrogen-bond donors (Lipinski definition) is 1. The van der Waals surface area contributed by atoms with Crippen LogP contribution in [0.3, 0.4) is 0 Å². The molecule has 3 aliphatic heterocycles. The van der Waals surface area contributed by atoms with Crippen molar-refractivity contribution < 1.29 is 19.1 Å². The summed E-state index contributed by atoms with van der Waals surface area (Å²) in [6, 6.07) is 29.0. The summed E-state index contributed by atoms with van der Waals surface area (Å²) >= 11 is 6.44. The van der Waals surface area contributed by atoms with Gasteiger partial charge in [0.05, 0.1) is 17.3 Å². The van der Waals surface area contributed by atoms with Crippen molar-refractivity contribution in [3.63, 3.8) is 0 Å². The average Bonchev–Trinajstić information content (AvgIpc) is 3.07. The number of nitrogens with zero attached hydrogens (tertiary/aromatic N) is 2. The van der Waals surface area contributed by atoms with Gasteiger partial charge in [-0.1, -0.05) is 85.3 Å². The molecule has 8 heteroatoms. The first-order chi connectivity index (χ1) is 22.4. The lowest BCUT2D eigenvalue weighted by Crippen LogP contribution is -2.54. The summed E-state index contributed by atoms with van der Waals surface area (Å²) in [4.78, 5) is 44.2. The first-order valence-corrected chi connectivity index (χ1v) is 16.2. The second-order valence-corrected chi connectivity index (χ2v) is 12.4. The van der Waals surface area contributed by atoms with Gasteiger partial charge in [-0.25, -0.2) is 9.69 Å². The zero-order chi connectivity index (χ0) is 31.8. The summed E-state index contributed by atoms with van der Waals surface area (Å²) in [5.41, 5.74) is 6.58. The molecule has 0 saturated carbocycles. The Hall–Kier alpha value is -4.88. The maximum atomic E-state index is 14.1. The van der Waals surface area contributed by atoms with Gasteiger partial charge in [-0.3, -0.25) is 14.9 Å². The molecular weight excluding hydrogens is 598 g/mol. The van der Waals surface area contributed by atoms with Gasteiger partial charge in [-0.2, -0.15) is 0 Å². The molecule has 2 atom stereocenters. The number of barbiturate groups is 1. The van der Waals surface area contributed by atoms with Crippen molar-refractivity contribution in [1.82, 2.24) is 5.32 Å². The molecule has 0 radical (unpaired) electrons. The normalized spacial score (nSPS) is 20.0. The fourth-order valence-corrected chi connectivity index (χ4v) is 7.21. The van der Waals surface area contributed by atoms with Crippen LogP contribution in [-0.4, -0.2) is 37.5 Å². The minimum Gasteiger partial charge on any atom is -0.492 e. The van der Waals surface area contributed by atoms with Crippen molar-refractivity contribution >= 4 is 46.9 Å². The van der Waals surface area contributed by atoms with Crippen LogP contribution in [0.5, 0.6) is 5.75 Å². The number of carbonyl (C=O) groups is 3. The van der Waals surface area contributed by atoms with Crippen molar-refractivity contribution in [3.8, 4) is 5.75 Å². The number of imide groups is 2. The van der Waals surface area contributed by atoms with Gasteiger partial charge in [-0.05, 0) is 77.4 Å². The molecule has 1 N–H and O–H groups in total. The van der Waals surface area contributed by atoms with E-state index in [0.717, 1.165) is 48.4 Å². The maximum Gasteiger partial charge on any atom is 0.335 e. The highest BCUT2D eigenvalue weighted by Gasteiger charge is 2.40. The number of ether oxygens (including phenoxy) is 1. The van der Waals surface area contributed by atoms with Crippen molar-refractivity contribution in [2.24, 2.45) is 0 Å². The Kier molecular flexibility index (Phi) is 8.09. The molecule has 0 bridgehead atoms. The zero-order valence-corrected chi connectivity index (χ0v) is 26.3. The number of urea groups is 1. The van der Waals surface area contributed by atoms with E-state index in [1.165, 1.54) is 22.9 Å². The highest BCUT2D eigenvalue weighted by Crippen LogP contribution is 2.50. The predicted octanol–water partition coefficient (Wildman–Crippen LogP) is 7.67. The topological polar surface area (TPSA) is 79.0 Å². The number of amides is 4. The van der Waals surface area contributed by atoms with E-state index in [0.29, 0.717) is 28.6 Å². The number of rotatable bonds is 7. The Morgan fingerprint density at radius 3 is 2.02 bits per heavy atom. The second-order valence-electron chi connectivity index (χ2n) is 12.0. The molecule has 0 spiro atoms. The lowest BCUT2D eigenvalue weighted by Gasteiger charge is -2.44. The molecule has 3 heterocycles. The van der Waals surface area contributed by atoms with Gasteiger partial charge in [0.15, 0.2) is 0 Å². The third kappa shape index (κ3) is 5.45. The number of halogens is 1. The van der Waals surface area contributed by atoms with Crippen LogP contribution >= 0.6 is 11.6 Å². The highest BCUT2D eigenvalue weighted by atomic mass is 35.5. The molecule has 4 amide bonds. The fraction of sp³-hybridized carbons (Fsp3) is 0.237. The van der Waals surface area contributed by atoms with E-state index >= 15 is 0 Å². The first kappa shape index (κ1) is 29.8. The average molecular weight is 632 g/mol. The number of benzene rings is 4. The van der Waals surface area contributed by atoms with E-state index in [4.69, 9.17) is 16.3 Å². The third-order valence-electron chi connectivity index (χ3n) is 9.09. The maximum absolute atomic E-state index is 14.1. The SMILES string of the molecule is CCCOc1ccc(/C=C2\C(=O)NC(=O)N(c3cc4c5c(c3)[C@@H](c3ccccc3)CCN5CC[C@@H]4c3ccccc3)C2=O)cc1Cl.